The molecule has 146 heavy (non-hydrogen) atoms. The third-order valence-corrected chi connectivity index (χ3v) is 32.7. The van der Waals surface area contributed by atoms with Gasteiger partial charge >= 0.3 is 17.1 Å². The first-order valence-electron chi connectivity index (χ1n) is 51.6. The molecule has 0 amide bonds. The summed E-state index contributed by atoms with van der Waals surface area (Å²) in [7, 11) is -11.0. The lowest BCUT2D eigenvalue weighted by Crippen LogP contribution is -2.47. The first-order valence-corrected chi connectivity index (χ1v) is 56.9. The van der Waals surface area contributed by atoms with Crippen molar-refractivity contribution < 1.29 is 86.9 Å². The fraction of sp³-hybridized carbons (Fsp3) is 0.407. The molecule has 0 saturated heterocycles. The first-order chi connectivity index (χ1) is 69.8. The van der Waals surface area contributed by atoms with Crippen molar-refractivity contribution >= 4 is 48.0 Å². The second kappa shape index (κ2) is 64.5. The van der Waals surface area contributed by atoms with Gasteiger partial charge in [0.25, 0.3) is 0 Å². The molecular weight excluding hydrogens is 1920 g/mol. The van der Waals surface area contributed by atoms with Crippen molar-refractivity contribution in [1.82, 2.24) is 0 Å². The highest BCUT2D eigenvalue weighted by molar-refractivity contribution is 7.97. The summed E-state index contributed by atoms with van der Waals surface area (Å²) in [5, 5.41) is 12.3. The van der Waals surface area contributed by atoms with Crippen LogP contribution in [0.4, 0.5) is 17.6 Å². The van der Waals surface area contributed by atoms with Crippen LogP contribution in [0.3, 0.4) is 0 Å². The molecule has 2 aliphatic carbocycles. The number of phenolic OH excluding ortho intramolecular Hbond substituents is 2. The molecule has 2 saturated carbocycles. The van der Waals surface area contributed by atoms with Gasteiger partial charge in [-0.05, 0) is 299 Å². The molecule has 0 bridgehead atoms. The SMILES string of the molecule is CCC(C)(C)C(=O)OCCC(F)(F)C(F)(F)S(=O)(=O)[O-].CCC(C)c1ccc(COc2ccc(S(=O)(=O)[O-])cc2)cc1.CCC(C)c1ccc(O)cc1.CCC(C)c1ccc(O)cc1.CCC(C)c1ccc(OC(C)OCCC2CCCCC2)cc1.CCC(C)c1ccc(OC(C)OCCC2CCCCC2)cc1.c1ccc([S+](c2ccccc2)c2ccccc2)cc1.c1ccc([S+](c2ccccc2)c2ccccc2)cc1. The Bertz CT molecular complexity index is 5320. The van der Waals surface area contributed by atoms with Crippen molar-refractivity contribution in [3.8, 4) is 28.7 Å². The van der Waals surface area contributed by atoms with Gasteiger partial charge < -0.3 is 47.7 Å². The molecule has 7 unspecified atom stereocenters. The van der Waals surface area contributed by atoms with Crippen LogP contribution in [0.2, 0.25) is 0 Å². The molecule has 23 heteroatoms. The molecule has 2 aliphatic rings. The lowest BCUT2D eigenvalue weighted by molar-refractivity contribution is -0.178. The van der Waals surface area contributed by atoms with Crippen LogP contribution in [0.1, 0.15) is 289 Å². The van der Waals surface area contributed by atoms with E-state index in [0.29, 0.717) is 59.9 Å². The summed E-state index contributed by atoms with van der Waals surface area (Å²) in [5.41, 5.74) is 6.70. The molecule has 12 aromatic carbocycles. The van der Waals surface area contributed by atoms with Gasteiger partial charge in [-0.2, -0.15) is 17.6 Å². The maximum atomic E-state index is 13.0. The van der Waals surface area contributed by atoms with Crippen molar-refractivity contribution in [2.45, 2.75) is 320 Å². The van der Waals surface area contributed by atoms with Crippen LogP contribution < -0.4 is 14.2 Å². The van der Waals surface area contributed by atoms with Crippen LogP contribution in [0.25, 0.3) is 0 Å². The summed E-state index contributed by atoms with van der Waals surface area (Å²) >= 11 is 0. The van der Waals surface area contributed by atoms with E-state index in [4.69, 9.17) is 33.9 Å². The van der Waals surface area contributed by atoms with Crippen LogP contribution in [-0.4, -0.2) is 85.7 Å². The number of esters is 1. The molecule has 2 fully saturated rings. The van der Waals surface area contributed by atoms with E-state index in [1.165, 1.54) is 185 Å². The van der Waals surface area contributed by atoms with Crippen LogP contribution >= 0.6 is 0 Å². The number of benzene rings is 12. The molecule has 15 nitrogen and oxygen atoms in total. The van der Waals surface area contributed by atoms with E-state index >= 15 is 0 Å². The third kappa shape index (κ3) is 43.2. The van der Waals surface area contributed by atoms with Crippen LogP contribution in [0.5, 0.6) is 28.7 Å². The number of carbonyl (C=O) groups excluding carboxylic acids is 1. The number of alkyl halides is 4. The predicted molar refractivity (Wildman–Crippen MR) is 584 cm³/mol. The monoisotopic (exact) mass is 2080 g/mol. The zero-order chi connectivity index (χ0) is 107. The average Bonchev–Trinajstić information content (AvgIpc) is 0.776. The first kappa shape index (κ1) is 122. The Morgan fingerprint density at radius 1 is 0.370 bits per heavy atom. The fourth-order valence-electron chi connectivity index (χ4n) is 15.6. The van der Waals surface area contributed by atoms with Gasteiger partial charge in [0.1, 0.15) is 45.5 Å². The topological polar surface area (TPSA) is 227 Å². The molecule has 12 aromatic rings. The zero-order valence-corrected chi connectivity index (χ0v) is 91.2. The van der Waals surface area contributed by atoms with E-state index < -0.39 is 55.8 Å². The summed E-state index contributed by atoms with van der Waals surface area (Å²) in [4.78, 5) is 19.3. The van der Waals surface area contributed by atoms with Crippen LogP contribution in [0.15, 0.2) is 362 Å². The number of phenols is 2. The Hall–Kier alpha value is -10.7. The Morgan fingerprint density at radius 2 is 0.637 bits per heavy atom. The van der Waals surface area contributed by atoms with Gasteiger partial charge in [-0.15, -0.1) is 0 Å². The normalized spacial score (nSPS) is 14.3. The highest BCUT2D eigenvalue weighted by atomic mass is 32.2. The third-order valence-electron chi connectivity index (χ3n) is 26.5. The van der Waals surface area contributed by atoms with Crippen LogP contribution in [0, 0.1) is 17.3 Å². The second-order valence-electron chi connectivity index (χ2n) is 37.8. The molecule has 790 valence electrons. The molecule has 0 aliphatic heterocycles. The quantitative estimate of drug-likeness (QED) is 0.0120. The predicted octanol–water partition coefficient (Wildman–Crippen LogP) is 33.0. The molecule has 0 radical (unpaired) electrons. The second-order valence-corrected chi connectivity index (χ2v) is 44.7. The van der Waals surface area contributed by atoms with E-state index in [1.54, 1.807) is 31.2 Å². The Kier molecular flexibility index (Phi) is 54.0. The number of aromatic hydroxyl groups is 2. The molecular formula is C123H156F4O15S4. The number of rotatable bonds is 39. The van der Waals surface area contributed by atoms with Crippen molar-refractivity contribution in [2.75, 3.05) is 19.8 Å². The van der Waals surface area contributed by atoms with Gasteiger partial charge in [0.2, 0.25) is 0 Å². The van der Waals surface area contributed by atoms with Gasteiger partial charge in [0.15, 0.2) is 52.1 Å². The number of carbonyl (C=O) groups is 1. The number of ether oxygens (including phenoxy) is 6. The molecule has 0 heterocycles. The van der Waals surface area contributed by atoms with Crippen molar-refractivity contribution in [3.63, 3.8) is 0 Å². The minimum atomic E-state index is -6.52. The summed E-state index contributed by atoms with van der Waals surface area (Å²) in [6.07, 6.45) is 20.3. The van der Waals surface area contributed by atoms with Gasteiger partial charge in [0.05, 0.1) is 58.3 Å². The van der Waals surface area contributed by atoms with E-state index in [1.807, 2.05) is 50.2 Å². The lowest BCUT2D eigenvalue weighted by Gasteiger charge is -2.28. The molecule has 0 aromatic heterocycles. The Labute approximate surface area is 875 Å². The van der Waals surface area contributed by atoms with Crippen LogP contribution in [-0.2, 0) is 67.6 Å². The summed E-state index contributed by atoms with van der Waals surface area (Å²) < 4.78 is 148. The summed E-state index contributed by atoms with van der Waals surface area (Å²) in [6.45, 7) is 31.4. The Balaban J connectivity index is 0.000000228. The highest BCUT2D eigenvalue weighted by Gasteiger charge is 2.61. The summed E-state index contributed by atoms with van der Waals surface area (Å²) in [6, 6.07) is 110. The van der Waals surface area contributed by atoms with Crippen molar-refractivity contribution in [1.29, 1.82) is 0 Å². The maximum Gasteiger partial charge on any atom is 0.396 e. The minimum absolute atomic E-state index is 0.0146. The largest absolute Gasteiger partial charge is 0.744 e. The number of hydrogen-bond donors (Lipinski definition) is 2. The van der Waals surface area contributed by atoms with Gasteiger partial charge in [0, 0.05) is 0 Å². The number of halogens is 4. The van der Waals surface area contributed by atoms with Gasteiger partial charge in [-0.1, -0.05) is 322 Å². The lowest BCUT2D eigenvalue weighted by atomic mass is 9.87. The minimum Gasteiger partial charge on any atom is -0.744 e. The Morgan fingerprint density at radius 3 is 0.897 bits per heavy atom. The smallest absolute Gasteiger partial charge is 0.396 e. The zero-order valence-electron chi connectivity index (χ0n) is 88.0. The van der Waals surface area contributed by atoms with Gasteiger partial charge in [-0.25, -0.2) is 16.8 Å². The molecule has 7 atom stereocenters. The molecule has 2 N–H and O–H groups in total. The van der Waals surface area contributed by atoms with Crippen molar-refractivity contribution in [3.05, 3.63) is 361 Å². The highest BCUT2D eigenvalue weighted by Crippen LogP contribution is 2.42. The molecule has 0 spiro atoms. The van der Waals surface area contributed by atoms with Crippen molar-refractivity contribution in [2.24, 2.45) is 17.3 Å². The number of hydrogen-bond acceptors (Lipinski definition) is 15. The average molecular weight is 2080 g/mol. The fourth-order valence-corrected chi connectivity index (χ4v) is 20.8. The van der Waals surface area contributed by atoms with Gasteiger partial charge in [-0.3, -0.25) is 4.79 Å². The van der Waals surface area contributed by atoms with E-state index in [9.17, 15) is 48.3 Å². The van der Waals surface area contributed by atoms with E-state index in [-0.39, 0.29) is 39.3 Å². The van der Waals surface area contributed by atoms with E-state index in [0.717, 1.165) is 61.4 Å². The standard InChI is InChI=1S/2C20H32O2.2C18H15S.C17H20O4S.C10H16F4O5S.2C10H14O/c2*1-4-16(2)19-10-12-20(13-11-19)22-17(3)21-15-14-18-8-6-5-7-9-18;2*1-4-10-16(11-5-1)19(17-12-6-2-7-13-17)18-14-8-3-9-15-18;1-3-13(2)15-6-4-14(5-7-15)12-21-16-8-10-17(11-9-16)22(18,19)20;1-4-8(2,3)7(15)19-6-5-9(11,12)10(13,14)20(16,17)18;2*1-3-8(2)9-4-6-10(11)7-5-9/h2*10-13,16-18H,4-9,14-15H2,1-3H3;2*1-15H;4-11,13H,3,12H2,1-2H3,(H,18,19,20);4-6H2,1-3H3,(H,16,17,18);2*4-8,11H,3H2,1-2H3/q;;2*+1;;;;/p-2. The molecule has 14 rings (SSSR count). The van der Waals surface area contributed by atoms with E-state index in [2.05, 4.69) is 317 Å². The maximum absolute atomic E-state index is 13.0. The summed E-state index contributed by atoms with van der Waals surface area (Å²) in [5.74, 6) is 1.70.